The standard InChI is InChI=1S/C14H18ClN3/c1-16-7-2-9-18-10-8-17-14(18)11-12-3-5-13(15)6-4-12/h3-6,8,10,16H,2,7,9,11H2,1H3. The highest BCUT2D eigenvalue weighted by molar-refractivity contribution is 6.30. The van der Waals surface area contributed by atoms with Crippen LogP contribution in [0.1, 0.15) is 17.8 Å². The Labute approximate surface area is 113 Å². The number of hydrogen-bond donors (Lipinski definition) is 1. The number of benzene rings is 1. The van der Waals surface area contributed by atoms with Crippen molar-refractivity contribution in [1.29, 1.82) is 0 Å². The van der Waals surface area contributed by atoms with Crippen molar-refractivity contribution in [2.75, 3.05) is 13.6 Å². The summed E-state index contributed by atoms with van der Waals surface area (Å²) in [5.41, 5.74) is 1.24. The van der Waals surface area contributed by atoms with E-state index in [1.807, 2.05) is 31.6 Å². The molecule has 1 N–H and O–H groups in total. The maximum absolute atomic E-state index is 5.88. The topological polar surface area (TPSA) is 29.9 Å². The van der Waals surface area contributed by atoms with Crippen LogP contribution in [0.3, 0.4) is 0 Å². The molecule has 0 atom stereocenters. The summed E-state index contributed by atoms with van der Waals surface area (Å²) in [5, 5.41) is 3.93. The molecule has 0 aliphatic heterocycles. The minimum atomic E-state index is 0.774. The fraction of sp³-hybridized carbons (Fsp3) is 0.357. The van der Waals surface area contributed by atoms with Gasteiger partial charge < -0.3 is 9.88 Å². The van der Waals surface area contributed by atoms with Crippen LogP contribution in [0.25, 0.3) is 0 Å². The summed E-state index contributed by atoms with van der Waals surface area (Å²) >= 11 is 5.88. The quantitative estimate of drug-likeness (QED) is 0.813. The molecule has 1 aromatic carbocycles. The fourth-order valence-corrected chi connectivity index (χ4v) is 2.05. The van der Waals surface area contributed by atoms with E-state index in [2.05, 4.69) is 27.0 Å². The minimum Gasteiger partial charge on any atom is -0.335 e. The number of aromatic nitrogens is 2. The molecule has 96 valence electrons. The Morgan fingerprint density at radius 2 is 2.06 bits per heavy atom. The predicted octanol–water partition coefficient (Wildman–Crippen LogP) is 2.74. The van der Waals surface area contributed by atoms with E-state index >= 15 is 0 Å². The molecule has 0 unspecified atom stereocenters. The number of halogens is 1. The van der Waals surface area contributed by atoms with Crippen LogP contribution in [0.5, 0.6) is 0 Å². The van der Waals surface area contributed by atoms with Crippen LogP contribution in [0, 0.1) is 0 Å². The molecule has 0 fully saturated rings. The van der Waals surface area contributed by atoms with Crippen molar-refractivity contribution in [3.8, 4) is 0 Å². The van der Waals surface area contributed by atoms with Gasteiger partial charge in [0.15, 0.2) is 0 Å². The molecule has 0 spiro atoms. The van der Waals surface area contributed by atoms with Gasteiger partial charge in [-0.05, 0) is 37.7 Å². The fourth-order valence-electron chi connectivity index (χ4n) is 1.92. The van der Waals surface area contributed by atoms with E-state index < -0.39 is 0 Å². The Hall–Kier alpha value is -1.32. The summed E-state index contributed by atoms with van der Waals surface area (Å²) in [7, 11) is 1.97. The van der Waals surface area contributed by atoms with Crippen molar-refractivity contribution in [3.63, 3.8) is 0 Å². The summed E-state index contributed by atoms with van der Waals surface area (Å²) < 4.78 is 2.21. The summed E-state index contributed by atoms with van der Waals surface area (Å²) in [4.78, 5) is 4.42. The van der Waals surface area contributed by atoms with Crippen molar-refractivity contribution >= 4 is 11.6 Å². The molecule has 2 aromatic rings. The van der Waals surface area contributed by atoms with Crippen molar-refractivity contribution in [3.05, 3.63) is 53.1 Å². The lowest BCUT2D eigenvalue weighted by Crippen LogP contribution is -2.12. The van der Waals surface area contributed by atoms with Crippen LogP contribution in [0.4, 0.5) is 0 Å². The third kappa shape index (κ3) is 3.59. The molecular weight excluding hydrogens is 246 g/mol. The number of aryl methyl sites for hydroxylation is 1. The van der Waals surface area contributed by atoms with Gasteiger partial charge in [-0.15, -0.1) is 0 Å². The molecule has 0 bridgehead atoms. The third-order valence-corrected chi connectivity index (χ3v) is 3.15. The molecule has 0 aliphatic rings. The first-order valence-corrected chi connectivity index (χ1v) is 6.56. The highest BCUT2D eigenvalue weighted by atomic mass is 35.5. The van der Waals surface area contributed by atoms with Gasteiger partial charge in [-0.2, -0.15) is 0 Å². The zero-order chi connectivity index (χ0) is 12.8. The van der Waals surface area contributed by atoms with Crippen LogP contribution >= 0.6 is 11.6 Å². The van der Waals surface area contributed by atoms with Gasteiger partial charge in [0.05, 0.1) is 0 Å². The van der Waals surface area contributed by atoms with Crippen LogP contribution < -0.4 is 5.32 Å². The summed E-state index contributed by atoms with van der Waals surface area (Å²) in [6, 6.07) is 7.94. The van der Waals surface area contributed by atoms with Crippen LogP contribution in [0.2, 0.25) is 5.02 Å². The Balaban J connectivity index is 2.00. The molecule has 0 saturated heterocycles. The first-order chi connectivity index (χ1) is 8.79. The predicted molar refractivity (Wildman–Crippen MR) is 75.0 cm³/mol. The van der Waals surface area contributed by atoms with E-state index in [0.29, 0.717) is 0 Å². The van der Waals surface area contributed by atoms with Crippen molar-refractivity contribution < 1.29 is 0 Å². The summed E-state index contributed by atoms with van der Waals surface area (Å²) in [6.07, 6.45) is 5.87. The lowest BCUT2D eigenvalue weighted by Gasteiger charge is -2.07. The Kier molecular flexibility index (Phi) is 4.79. The van der Waals surface area contributed by atoms with Gasteiger partial charge in [0.2, 0.25) is 0 Å². The minimum absolute atomic E-state index is 0.774. The number of rotatable bonds is 6. The number of nitrogens with one attached hydrogen (secondary N) is 1. The summed E-state index contributed by atoms with van der Waals surface area (Å²) in [5.74, 6) is 1.11. The number of imidazole rings is 1. The molecule has 0 amide bonds. The average Bonchev–Trinajstić information content (AvgIpc) is 2.80. The van der Waals surface area contributed by atoms with Gasteiger partial charge in [-0.1, -0.05) is 23.7 Å². The zero-order valence-electron chi connectivity index (χ0n) is 10.6. The Morgan fingerprint density at radius 1 is 1.28 bits per heavy atom. The van der Waals surface area contributed by atoms with Gasteiger partial charge in [-0.25, -0.2) is 4.98 Å². The van der Waals surface area contributed by atoms with E-state index in [-0.39, 0.29) is 0 Å². The maximum Gasteiger partial charge on any atom is 0.113 e. The number of nitrogens with zero attached hydrogens (tertiary/aromatic N) is 2. The first kappa shape index (κ1) is 13.1. The van der Waals surface area contributed by atoms with Crippen molar-refractivity contribution in [2.24, 2.45) is 0 Å². The molecule has 0 radical (unpaired) electrons. The zero-order valence-corrected chi connectivity index (χ0v) is 11.3. The normalized spacial score (nSPS) is 10.8. The molecule has 0 aliphatic carbocycles. The van der Waals surface area contributed by atoms with E-state index in [1.165, 1.54) is 5.56 Å². The second-order valence-corrected chi connectivity index (χ2v) is 4.73. The SMILES string of the molecule is CNCCCn1ccnc1Cc1ccc(Cl)cc1. The van der Waals surface area contributed by atoms with Crippen LogP contribution in [-0.4, -0.2) is 23.1 Å². The highest BCUT2D eigenvalue weighted by Crippen LogP contribution is 2.13. The average molecular weight is 264 g/mol. The third-order valence-electron chi connectivity index (χ3n) is 2.90. The lowest BCUT2D eigenvalue weighted by atomic mass is 10.1. The molecule has 4 heteroatoms. The number of hydrogen-bond acceptors (Lipinski definition) is 2. The maximum atomic E-state index is 5.88. The Bertz CT molecular complexity index is 476. The van der Waals surface area contributed by atoms with Crippen molar-refractivity contribution in [2.45, 2.75) is 19.4 Å². The van der Waals surface area contributed by atoms with Crippen LogP contribution in [0.15, 0.2) is 36.7 Å². The first-order valence-electron chi connectivity index (χ1n) is 6.18. The van der Waals surface area contributed by atoms with Crippen LogP contribution in [-0.2, 0) is 13.0 Å². The largest absolute Gasteiger partial charge is 0.335 e. The summed E-state index contributed by atoms with van der Waals surface area (Å²) in [6.45, 7) is 2.03. The molecular formula is C14H18ClN3. The second-order valence-electron chi connectivity index (χ2n) is 4.30. The van der Waals surface area contributed by atoms with E-state index in [9.17, 15) is 0 Å². The molecule has 0 saturated carbocycles. The van der Waals surface area contributed by atoms with E-state index in [0.717, 1.165) is 36.8 Å². The molecule has 18 heavy (non-hydrogen) atoms. The monoisotopic (exact) mass is 263 g/mol. The second kappa shape index (κ2) is 6.57. The van der Waals surface area contributed by atoms with Gasteiger partial charge >= 0.3 is 0 Å². The van der Waals surface area contributed by atoms with Gasteiger partial charge in [0.1, 0.15) is 5.82 Å². The molecule has 3 nitrogen and oxygen atoms in total. The molecule has 2 rings (SSSR count). The van der Waals surface area contributed by atoms with Crippen molar-refractivity contribution in [1.82, 2.24) is 14.9 Å². The molecule has 1 aromatic heterocycles. The highest BCUT2D eigenvalue weighted by Gasteiger charge is 2.03. The Morgan fingerprint density at radius 3 is 2.78 bits per heavy atom. The van der Waals surface area contributed by atoms with Gasteiger partial charge in [0, 0.05) is 30.4 Å². The van der Waals surface area contributed by atoms with E-state index in [1.54, 1.807) is 0 Å². The van der Waals surface area contributed by atoms with E-state index in [4.69, 9.17) is 11.6 Å². The van der Waals surface area contributed by atoms with Gasteiger partial charge in [0.25, 0.3) is 0 Å². The van der Waals surface area contributed by atoms with Gasteiger partial charge in [-0.3, -0.25) is 0 Å². The lowest BCUT2D eigenvalue weighted by molar-refractivity contribution is 0.594. The molecule has 1 heterocycles. The smallest absolute Gasteiger partial charge is 0.113 e.